The zero-order chi connectivity index (χ0) is 12.6. The van der Waals surface area contributed by atoms with Crippen LogP contribution >= 0.6 is 0 Å². The van der Waals surface area contributed by atoms with E-state index in [0.29, 0.717) is 0 Å². The average Bonchev–Trinajstić information content (AvgIpc) is 2.40. The fourth-order valence-electron chi connectivity index (χ4n) is 3.47. The third-order valence-corrected chi connectivity index (χ3v) is 4.57. The smallest absolute Gasteiger partial charge is 0.0484 e. The van der Waals surface area contributed by atoms with Gasteiger partial charge < -0.3 is 0 Å². The molecule has 1 aliphatic heterocycles. The average molecular weight is 241 g/mol. The molecule has 96 valence electrons. The van der Waals surface area contributed by atoms with Gasteiger partial charge >= 0.3 is 0 Å². The molecule has 1 saturated carbocycles. The van der Waals surface area contributed by atoms with Crippen molar-refractivity contribution >= 4 is 5.71 Å². The first-order valence-electron chi connectivity index (χ1n) is 7.33. The number of aliphatic imine (C=N–C) groups is 1. The molecule has 0 saturated heterocycles. The first-order valence-corrected chi connectivity index (χ1v) is 7.33. The molecule has 2 aliphatic rings. The van der Waals surface area contributed by atoms with E-state index in [1.54, 1.807) is 0 Å². The number of fused-ring (bicyclic) bond motifs is 1. The second-order valence-electron chi connectivity index (χ2n) is 6.47. The van der Waals surface area contributed by atoms with Gasteiger partial charge in [-0.05, 0) is 24.0 Å². The van der Waals surface area contributed by atoms with Crippen LogP contribution in [0.15, 0.2) is 29.3 Å². The molecule has 1 nitrogen and oxygen atoms in total. The fraction of sp³-hybridized carbons (Fsp3) is 0.588. The minimum atomic E-state index is 0.203. The van der Waals surface area contributed by atoms with Crippen LogP contribution in [-0.2, 0) is 5.41 Å². The van der Waals surface area contributed by atoms with Crippen LogP contribution in [0.3, 0.4) is 0 Å². The quantitative estimate of drug-likeness (QED) is 0.693. The maximum Gasteiger partial charge on any atom is 0.0484 e. The summed E-state index contributed by atoms with van der Waals surface area (Å²) in [5, 5.41) is 0. The molecule has 0 aromatic heterocycles. The van der Waals surface area contributed by atoms with Gasteiger partial charge in [0.25, 0.3) is 0 Å². The van der Waals surface area contributed by atoms with Gasteiger partial charge in [0.05, 0.1) is 0 Å². The Labute approximate surface area is 110 Å². The van der Waals surface area contributed by atoms with Crippen LogP contribution in [0.4, 0.5) is 0 Å². The number of nitrogens with zero attached hydrogens (tertiary/aromatic N) is 1. The minimum Gasteiger partial charge on any atom is -0.288 e. The lowest BCUT2D eigenvalue weighted by Gasteiger charge is -2.34. The van der Waals surface area contributed by atoms with Crippen LogP contribution in [0.1, 0.15) is 57.1 Å². The van der Waals surface area contributed by atoms with E-state index in [1.807, 2.05) is 0 Å². The normalized spacial score (nSPS) is 23.3. The van der Waals surface area contributed by atoms with Gasteiger partial charge in [-0.2, -0.15) is 0 Å². The summed E-state index contributed by atoms with van der Waals surface area (Å²) in [5.74, 6) is 0.719. The van der Waals surface area contributed by atoms with Crippen LogP contribution in [0, 0.1) is 5.92 Å². The Bertz CT molecular complexity index is 464. The lowest BCUT2D eigenvalue weighted by atomic mass is 9.74. The molecule has 1 heterocycles. The van der Waals surface area contributed by atoms with Crippen LogP contribution in [-0.4, -0.2) is 12.3 Å². The molecular weight excluding hydrogens is 218 g/mol. The zero-order valence-electron chi connectivity index (χ0n) is 11.6. The molecule has 0 unspecified atom stereocenters. The molecule has 0 radical (unpaired) electrons. The van der Waals surface area contributed by atoms with Crippen molar-refractivity contribution < 1.29 is 0 Å². The lowest BCUT2D eigenvalue weighted by Crippen LogP contribution is -2.33. The fourth-order valence-corrected chi connectivity index (χ4v) is 3.47. The Balaban J connectivity index is 2.00. The first-order chi connectivity index (χ1) is 8.68. The molecule has 0 bridgehead atoms. The van der Waals surface area contributed by atoms with Crippen molar-refractivity contribution in [1.82, 2.24) is 0 Å². The van der Waals surface area contributed by atoms with Gasteiger partial charge in [-0.15, -0.1) is 0 Å². The van der Waals surface area contributed by atoms with Gasteiger partial charge in [0.15, 0.2) is 0 Å². The Morgan fingerprint density at radius 3 is 2.56 bits per heavy atom. The molecule has 18 heavy (non-hydrogen) atoms. The molecule has 0 spiro atoms. The number of benzene rings is 1. The summed E-state index contributed by atoms with van der Waals surface area (Å²) in [5.41, 5.74) is 4.54. The van der Waals surface area contributed by atoms with Crippen LogP contribution < -0.4 is 0 Å². The SMILES string of the molecule is CC1(C)CN=C(C2CCCCC2)c2ccccc21. The predicted octanol–water partition coefficient (Wildman–Crippen LogP) is 4.35. The highest BCUT2D eigenvalue weighted by Gasteiger charge is 2.32. The van der Waals surface area contributed by atoms with Crippen molar-refractivity contribution in [3.8, 4) is 0 Å². The Morgan fingerprint density at radius 2 is 1.78 bits per heavy atom. The Morgan fingerprint density at radius 1 is 1.06 bits per heavy atom. The number of hydrogen-bond donors (Lipinski definition) is 0. The summed E-state index contributed by atoms with van der Waals surface area (Å²) in [6.45, 7) is 5.58. The van der Waals surface area contributed by atoms with Crippen molar-refractivity contribution in [3.05, 3.63) is 35.4 Å². The van der Waals surface area contributed by atoms with E-state index in [2.05, 4.69) is 38.1 Å². The van der Waals surface area contributed by atoms with Gasteiger partial charge in [-0.1, -0.05) is 57.4 Å². The van der Waals surface area contributed by atoms with E-state index in [-0.39, 0.29) is 5.41 Å². The molecule has 1 aliphatic carbocycles. The Hall–Kier alpha value is -1.11. The summed E-state index contributed by atoms with van der Waals surface area (Å²) < 4.78 is 0. The molecule has 1 aromatic rings. The first kappa shape index (κ1) is 12.0. The van der Waals surface area contributed by atoms with Crippen molar-refractivity contribution in [2.45, 2.75) is 51.4 Å². The summed E-state index contributed by atoms with van der Waals surface area (Å²) in [7, 11) is 0. The lowest BCUT2D eigenvalue weighted by molar-refractivity contribution is 0.433. The highest BCUT2D eigenvalue weighted by atomic mass is 14.8. The zero-order valence-corrected chi connectivity index (χ0v) is 11.6. The van der Waals surface area contributed by atoms with Crippen molar-refractivity contribution in [2.24, 2.45) is 10.9 Å². The standard InChI is InChI=1S/C17H23N/c1-17(2)12-18-16(13-8-4-3-5-9-13)14-10-6-7-11-15(14)17/h6-7,10-11,13H,3-5,8-9,12H2,1-2H3. The summed E-state index contributed by atoms with van der Waals surface area (Å²) >= 11 is 0. The van der Waals surface area contributed by atoms with Crippen molar-refractivity contribution in [1.29, 1.82) is 0 Å². The summed E-state index contributed by atoms with van der Waals surface area (Å²) in [6.07, 6.45) is 6.86. The van der Waals surface area contributed by atoms with E-state index >= 15 is 0 Å². The van der Waals surface area contributed by atoms with Gasteiger partial charge in [0, 0.05) is 23.6 Å². The monoisotopic (exact) mass is 241 g/mol. The molecule has 1 aromatic carbocycles. The maximum atomic E-state index is 4.96. The van der Waals surface area contributed by atoms with Gasteiger partial charge in [-0.3, -0.25) is 4.99 Å². The van der Waals surface area contributed by atoms with Crippen LogP contribution in [0.5, 0.6) is 0 Å². The predicted molar refractivity (Wildman–Crippen MR) is 77.4 cm³/mol. The van der Waals surface area contributed by atoms with Gasteiger partial charge in [-0.25, -0.2) is 0 Å². The highest BCUT2D eigenvalue weighted by Crippen LogP contribution is 2.36. The van der Waals surface area contributed by atoms with E-state index in [0.717, 1.165) is 12.5 Å². The summed E-state index contributed by atoms with van der Waals surface area (Å²) in [6, 6.07) is 8.92. The molecule has 0 atom stereocenters. The molecule has 1 heteroatoms. The van der Waals surface area contributed by atoms with E-state index in [4.69, 9.17) is 4.99 Å². The minimum absolute atomic E-state index is 0.203. The van der Waals surface area contributed by atoms with Gasteiger partial charge in [0.1, 0.15) is 0 Å². The number of rotatable bonds is 1. The molecule has 0 N–H and O–H groups in total. The third-order valence-electron chi connectivity index (χ3n) is 4.57. The van der Waals surface area contributed by atoms with Gasteiger partial charge in [0.2, 0.25) is 0 Å². The molecule has 3 rings (SSSR count). The molecule has 0 amide bonds. The second-order valence-corrected chi connectivity index (χ2v) is 6.47. The van der Waals surface area contributed by atoms with Crippen molar-refractivity contribution in [2.75, 3.05) is 6.54 Å². The Kier molecular flexibility index (Phi) is 3.01. The molecule has 1 fully saturated rings. The highest BCUT2D eigenvalue weighted by molar-refractivity contribution is 6.04. The number of hydrogen-bond acceptors (Lipinski definition) is 1. The third kappa shape index (κ3) is 2.00. The van der Waals surface area contributed by atoms with Crippen molar-refractivity contribution in [3.63, 3.8) is 0 Å². The van der Waals surface area contributed by atoms with Crippen LogP contribution in [0.25, 0.3) is 0 Å². The second kappa shape index (κ2) is 4.53. The van der Waals surface area contributed by atoms with Crippen LogP contribution in [0.2, 0.25) is 0 Å². The molecular formula is C17H23N. The topological polar surface area (TPSA) is 12.4 Å². The maximum absolute atomic E-state index is 4.96. The largest absolute Gasteiger partial charge is 0.288 e. The van der Waals surface area contributed by atoms with E-state index in [1.165, 1.54) is 48.9 Å². The van der Waals surface area contributed by atoms with E-state index < -0.39 is 0 Å². The summed E-state index contributed by atoms with van der Waals surface area (Å²) in [4.78, 5) is 4.96. The van der Waals surface area contributed by atoms with E-state index in [9.17, 15) is 0 Å².